The topological polar surface area (TPSA) is 32.3 Å². The maximum atomic E-state index is 10.1. The van der Waals surface area contributed by atoms with Gasteiger partial charge in [-0.05, 0) is 38.6 Å². The summed E-state index contributed by atoms with van der Waals surface area (Å²) in [5, 5.41) is 13.6. The van der Waals surface area contributed by atoms with Gasteiger partial charge in [-0.15, -0.1) is 0 Å². The SMILES string of the molecule is OC1(CC2CCCN2)CCCC1. The molecule has 1 saturated heterocycles. The molecule has 0 radical (unpaired) electrons. The summed E-state index contributed by atoms with van der Waals surface area (Å²) in [7, 11) is 0. The van der Waals surface area contributed by atoms with Gasteiger partial charge in [0.15, 0.2) is 0 Å². The van der Waals surface area contributed by atoms with E-state index in [1.165, 1.54) is 25.7 Å². The standard InChI is InChI=1S/C10H19NO/c12-10(5-1-2-6-10)8-9-4-3-7-11-9/h9,11-12H,1-8H2. The van der Waals surface area contributed by atoms with Crippen LogP contribution in [0, 0.1) is 0 Å². The predicted molar refractivity (Wildman–Crippen MR) is 49.1 cm³/mol. The number of hydrogen-bond acceptors (Lipinski definition) is 2. The highest BCUT2D eigenvalue weighted by Gasteiger charge is 2.34. The van der Waals surface area contributed by atoms with Crippen LogP contribution in [0.4, 0.5) is 0 Å². The Bertz CT molecular complexity index is 146. The first-order chi connectivity index (χ1) is 5.79. The third kappa shape index (κ3) is 1.80. The van der Waals surface area contributed by atoms with E-state index in [9.17, 15) is 5.11 Å². The van der Waals surface area contributed by atoms with E-state index >= 15 is 0 Å². The largest absolute Gasteiger partial charge is 0.390 e. The first-order valence-electron chi connectivity index (χ1n) is 5.24. The zero-order chi connectivity index (χ0) is 8.44. The monoisotopic (exact) mass is 169 g/mol. The maximum Gasteiger partial charge on any atom is 0.0662 e. The molecule has 1 aliphatic heterocycles. The van der Waals surface area contributed by atoms with Crippen molar-refractivity contribution >= 4 is 0 Å². The molecule has 0 bridgehead atoms. The molecule has 0 amide bonds. The van der Waals surface area contributed by atoms with E-state index in [2.05, 4.69) is 5.32 Å². The van der Waals surface area contributed by atoms with Gasteiger partial charge in [0.05, 0.1) is 5.60 Å². The molecule has 0 aromatic carbocycles. The summed E-state index contributed by atoms with van der Waals surface area (Å²) in [5.41, 5.74) is -0.304. The van der Waals surface area contributed by atoms with E-state index in [4.69, 9.17) is 0 Å². The van der Waals surface area contributed by atoms with E-state index in [0.29, 0.717) is 6.04 Å². The Kier molecular flexibility index (Phi) is 2.37. The number of nitrogens with one attached hydrogen (secondary N) is 1. The molecule has 0 aromatic rings. The lowest BCUT2D eigenvalue weighted by Gasteiger charge is -2.25. The molecular weight excluding hydrogens is 150 g/mol. The van der Waals surface area contributed by atoms with Gasteiger partial charge in [0.25, 0.3) is 0 Å². The maximum absolute atomic E-state index is 10.1. The lowest BCUT2D eigenvalue weighted by atomic mass is 9.92. The normalized spacial score (nSPS) is 34.2. The molecule has 2 heteroatoms. The highest BCUT2D eigenvalue weighted by Crippen LogP contribution is 2.34. The lowest BCUT2D eigenvalue weighted by Crippen LogP contribution is -2.34. The molecule has 1 saturated carbocycles. The van der Waals surface area contributed by atoms with E-state index in [0.717, 1.165) is 25.8 Å². The molecule has 0 aromatic heterocycles. The summed E-state index contributed by atoms with van der Waals surface area (Å²) in [4.78, 5) is 0. The van der Waals surface area contributed by atoms with Crippen molar-refractivity contribution < 1.29 is 5.11 Å². The third-order valence-corrected chi connectivity index (χ3v) is 3.32. The number of hydrogen-bond donors (Lipinski definition) is 2. The van der Waals surface area contributed by atoms with Crippen LogP contribution in [0.1, 0.15) is 44.9 Å². The molecule has 70 valence electrons. The Morgan fingerprint density at radius 2 is 2.00 bits per heavy atom. The van der Waals surface area contributed by atoms with E-state index in [1.54, 1.807) is 0 Å². The van der Waals surface area contributed by atoms with Crippen LogP contribution in [0.25, 0.3) is 0 Å². The van der Waals surface area contributed by atoms with E-state index < -0.39 is 0 Å². The minimum Gasteiger partial charge on any atom is -0.390 e. The van der Waals surface area contributed by atoms with Crippen molar-refractivity contribution in [3.8, 4) is 0 Å². The first-order valence-corrected chi connectivity index (χ1v) is 5.24. The van der Waals surface area contributed by atoms with E-state index in [-0.39, 0.29) is 5.60 Å². The van der Waals surface area contributed by atoms with Crippen LogP contribution in [-0.4, -0.2) is 23.3 Å². The van der Waals surface area contributed by atoms with Crippen LogP contribution in [-0.2, 0) is 0 Å². The van der Waals surface area contributed by atoms with Gasteiger partial charge >= 0.3 is 0 Å². The lowest BCUT2D eigenvalue weighted by molar-refractivity contribution is 0.0302. The summed E-state index contributed by atoms with van der Waals surface area (Å²) in [6.45, 7) is 1.15. The van der Waals surface area contributed by atoms with Crippen LogP contribution in [0.3, 0.4) is 0 Å². The summed E-state index contributed by atoms with van der Waals surface area (Å²) < 4.78 is 0. The fraction of sp³-hybridized carbons (Fsp3) is 1.00. The molecule has 1 heterocycles. The van der Waals surface area contributed by atoms with E-state index in [1.807, 2.05) is 0 Å². The van der Waals surface area contributed by atoms with Crippen LogP contribution < -0.4 is 5.32 Å². The fourth-order valence-corrected chi connectivity index (χ4v) is 2.63. The third-order valence-electron chi connectivity index (χ3n) is 3.32. The molecule has 1 atom stereocenters. The van der Waals surface area contributed by atoms with Crippen LogP contribution >= 0.6 is 0 Å². The highest BCUT2D eigenvalue weighted by molar-refractivity contribution is 4.90. The quantitative estimate of drug-likeness (QED) is 0.655. The van der Waals surface area contributed by atoms with Gasteiger partial charge in [0, 0.05) is 6.04 Å². The van der Waals surface area contributed by atoms with Crippen LogP contribution in [0.5, 0.6) is 0 Å². The van der Waals surface area contributed by atoms with Crippen molar-refractivity contribution in [1.82, 2.24) is 5.32 Å². The zero-order valence-corrected chi connectivity index (χ0v) is 7.68. The molecule has 2 rings (SSSR count). The Morgan fingerprint density at radius 1 is 1.25 bits per heavy atom. The Labute approximate surface area is 74.4 Å². The highest BCUT2D eigenvalue weighted by atomic mass is 16.3. The number of aliphatic hydroxyl groups is 1. The molecule has 2 N–H and O–H groups in total. The Morgan fingerprint density at radius 3 is 2.58 bits per heavy atom. The van der Waals surface area contributed by atoms with Gasteiger partial charge in [-0.2, -0.15) is 0 Å². The Balaban J connectivity index is 1.83. The second kappa shape index (κ2) is 3.35. The summed E-state index contributed by atoms with van der Waals surface area (Å²) in [5.74, 6) is 0. The molecule has 2 aliphatic rings. The minimum absolute atomic E-state index is 0.304. The second-order valence-electron chi connectivity index (χ2n) is 4.43. The first kappa shape index (κ1) is 8.52. The smallest absolute Gasteiger partial charge is 0.0662 e. The van der Waals surface area contributed by atoms with Crippen molar-refractivity contribution in [3.05, 3.63) is 0 Å². The average Bonchev–Trinajstić information content (AvgIpc) is 2.62. The second-order valence-corrected chi connectivity index (χ2v) is 4.43. The van der Waals surface area contributed by atoms with Crippen LogP contribution in [0.2, 0.25) is 0 Å². The molecule has 1 unspecified atom stereocenters. The zero-order valence-electron chi connectivity index (χ0n) is 7.68. The Hall–Kier alpha value is -0.0800. The molecule has 2 fully saturated rings. The summed E-state index contributed by atoms with van der Waals surface area (Å²) in [6, 6.07) is 0.605. The molecular formula is C10H19NO. The van der Waals surface area contributed by atoms with Gasteiger partial charge in [0.2, 0.25) is 0 Å². The average molecular weight is 169 g/mol. The van der Waals surface area contributed by atoms with Crippen molar-refractivity contribution in [2.75, 3.05) is 6.54 Å². The van der Waals surface area contributed by atoms with Gasteiger partial charge in [0.1, 0.15) is 0 Å². The van der Waals surface area contributed by atoms with Crippen LogP contribution in [0.15, 0.2) is 0 Å². The van der Waals surface area contributed by atoms with Crippen molar-refractivity contribution in [2.24, 2.45) is 0 Å². The molecule has 12 heavy (non-hydrogen) atoms. The minimum atomic E-state index is -0.304. The van der Waals surface area contributed by atoms with Crippen molar-refractivity contribution in [1.29, 1.82) is 0 Å². The number of rotatable bonds is 2. The van der Waals surface area contributed by atoms with Crippen molar-refractivity contribution in [2.45, 2.75) is 56.6 Å². The summed E-state index contributed by atoms with van der Waals surface area (Å²) >= 11 is 0. The molecule has 1 aliphatic carbocycles. The van der Waals surface area contributed by atoms with Gasteiger partial charge in [-0.25, -0.2) is 0 Å². The molecule has 0 spiro atoms. The van der Waals surface area contributed by atoms with Crippen molar-refractivity contribution in [3.63, 3.8) is 0 Å². The summed E-state index contributed by atoms with van der Waals surface area (Å²) in [6.07, 6.45) is 8.07. The fourth-order valence-electron chi connectivity index (χ4n) is 2.63. The van der Waals surface area contributed by atoms with Gasteiger partial charge < -0.3 is 10.4 Å². The van der Waals surface area contributed by atoms with Gasteiger partial charge in [-0.1, -0.05) is 12.8 Å². The van der Waals surface area contributed by atoms with Gasteiger partial charge in [-0.3, -0.25) is 0 Å². The predicted octanol–water partition coefficient (Wildman–Crippen LogP) is 1.43. The molecule has 2 nitrogen and oxygen atoms in total.